The third-order valence-electron chi connectivity index (χ3n) is 4.75. The third kappa shape index (κ3) is 3.14. The first-order chi connectivity index (χ1) is 12.2. The van der Waals surface area contributed by atoms with Crippen LogP contribution in [0.5, 0.6) is 0 Å². The van der Waals surface area contributed by atoms with E-state index in [1.165, 1.54) is 18.4 Å². The number of pyridine rings is 1. The largest absolute Gasteiger partial charge is 0.370 e. The van der Waals surface area contributed by atoms with Crippen LogP contribution in [0.25, 0.3) is 5.69 Å². The minimum atomic E-state index is 0.747. The summed E-state index contributed by atoms with van der Waals surface area (Å²) in [6, 6.07) is 12.0. The Balaban J connectivity index is 1.83. The molecule has 0 amide bonds. The molecule has 3 heterocycles. The van der Waals surface area contributed by atoms with Crippen LogP contribution in [0.3, 0.4) is 0 Å². The Morgan fingerprint density at radius 2 is 2.08 bits per heavy atom. The molecule has 0 bridgehead atoms. The molecule has 0 spiro atoms. The lowest BCUT2D eigenvalue weighted by atomic mass is 10.1. The molecule has 0 saturated heterocycles. The van der Waals surface area contributed by atoms with E-state index < -0.39 is 0 Å². The van der Waals surface area contributed by atoms with Gasteiger partial charge in [-0.1, -0.05) is 23.7 Å². The fourth-order valence-electron chi connectivity index (χ4n) is 3.39. The Morgan fingerprint density at radius 1 is 1.16 bits per heavy atom. The highest BCUT2D eigenvalue weighted by Crippen LogP contribution is 2.31. The molecular formula is C20H21ClN4. The van der Waals surface area contributed by atoms with Gasteiger partial charge in [0.05, 0.1) is 11.4 Å². The van der Waals surface area contributed by atoms with E-state index in [1.54, 1.807) is 0 Å². The summed E-state index contributed by atoms with van der Waals surface area (Å²) >= 11 is 6.34. The van der Waals surface area contributed by atoms with Crippen molar-refractivity contribution in [2.75, 3.05) is 11.9 Å². The number of benzene rings is 1. The van der Waals surface area contributed by atoms with E-state index in [1.807, 2.05) is 42.1 Å². The minimum Gasteiger partial charge on any atom is -0.370 e. The molecule has 0 unspecified atom stereocenters. The zero-order valence-electron chi connectivity index (χ0n) is 14.3. The minimum absolute atomic E-state index is 0.747. The van der Waals surface area contributed by atoms with Gasteiger partial charge in [-0.3, -0.25) is 4.98 Å². The van der Waals surface area contributed by atoms with Crippen LogP contribution in [0.15, 0.2) is 42.6 Å². The molecule has 3 aromatic rings. The van der Waals surface area contributed by atoms with Gasteiger partial charge in [0, 0.05) is 35.4 Å². The summed E-state index contributed by atoms with van der Waals surface area (Å²) in [6.07, 6.45) is 5.98. The second-order valence-electron chi connectivity index (χ2n) is 6.45. The van der Waals surface area contributed by atoms with Crippen LogP contribution in [0.1, 0.15) is 35.4 Å². The maximum Gasteiger partial charge on any atom is 0.133 e. The number of nitrogens with zero attached hydrogens (tertiary/aromatic N) is 3. The predicted molar refractivity (Wildman–Crippen MR) is 102 cm³/mol. The molecule has 0 fully saturated rings. The second-order valence-corrected chi connectivity index (χ2v) is 6.86. The number of anilines is 1. The first kappa shape index (κ1) is 16.2. The average Bonchev–Trinajstić information content (AvgIpc) is 2.81. The van der Waals surface area contributed by atoms with Crippen molar-refractivity contribution < 1.29 is 0 Å². The smallest absolute Gasteiger partial charge is 0.133 e. The topological polar surface area (TPSA) is 42.7 Å². The van der Waals surface area contributed by atoms with E-state index in [-0.39, 0.29) is 0 Å². The Bertz CT molecular complexity index is 886. The Kier molecular flexibility index (Phi) is 4.45. The number of halogens is 1. The van der Waals surface area contributed by atoms with Crippen LogP contribution in [0.2, 0.25) is 5.02 Å². The molecule has 5 heteroatoms. The molecule has 4 nitrogen and oxygen atoms in total. The van der Waals surface area contributed by atoms with Gasteiger partial charge in [0.2, 0.25) is 0 Å². The van der Waals surface area contributed by atoms with Crippen LogP contribution < -0.4 is 5.32 Å². The van der Waals surface area contributed by atoms with Gasteiger partial charge >= 0.3 is 0 Å². The first-order valence-electron chi connectivity index (χ1n) is 8.74. The standard InChI is InChI=1S/C20H21ClN4/c1-14-17(21)9-6-10-19(14)25-20-16(8-3-5-12-23-20)18(24-25)13-15-7-2-4-11-22-15/h2,4,6-7,9-11,23H,3,5,8,12-13H2,1H3. The summed E-state index contributed by atoms with van der Waals surface area (Å²) in [6.45, 7) is 3.02. The highest BCUT2D eigenvalue weighted by Gasteiger charge is 2.22. The summed E-state index contributed by atoms with van der Waals surface area (Å²) in [5.74, 6) is 1.11. The molecule has 0 radical (unpaired) electrons. The average molecular weight is 353 g/mol. The lowest BCUT2D eigenvalue weighted by Gasteiger charge is -2.12. The summed E-state index contributed by atoms with van der Waals surface area (Å²) < 4.78 is 2.03. The van der Waals surface area contributed by atoms with Crippen LogP contribution in [0, 0.1) is 6.92 Å². The summed E-state index contributed by atoms with van der Waals surface area (Å²) in [5.41, 5.74) is 5.53. The van der Waals surface area contributed by atoms with Gasteiger partial charge in [-0.2, -0.15) is 5.10 Å². The van der Waals surface area contributed by atoms with E-state index in [2.05, 4.69) is 22.4 Å². The summed E-state index contributed by atoms with van der Waals surface area (Å²) in [4.78, 5) is 4.47. The Morgan fingerprint density at radius 3 is 2.92 bits per heavy atom. The fraction of sp³-hybridized carbons (Fsp3) is 0.300. The molecule has 4 rings (SSSR count). The Hall–Kier alpha value is -2.33. The maximum atomic E-state index is 6.34. The SMILES string of the molecule is Cc1c(Cl)cccc1-n1nc(Cc2ccccn2)c2c1NCCCC2. The number of aromatic nitrogens is 3. The molecule has 0 atom stereocenters. The summed E-state index contributed by atoms with van der Waals surface area (Å²) in [5, 5.41) is 9.30. The number of hydrogen-bond donors (Lipinski definition) is 1. The fourth-order valence-corrected chi connectivity index (χ4v) is 3.56. The molecular weight excluding hydrogens is 332 g/mol. The lowest BCUT2D eigenvalue weighted by Crippen LogP contribution is -2.08. The third-order valence-corrected chi connectivity index (χ3v) is 5.16. The predicted octanol–water partition coefficient (Wildman–Crippen LogP) is 4.57. The zero-order valence-corrected chi connectivity index (χ0v) is 15.1. The molecule has 0 saturated carbocycles. The van der Waals surface area contributed by atoms with Crippen molar-refractivity contribution >= 4 is 17.4 Å². The second kappa shape index (κ2) is 6.89. The summed E-state index contributed by atoms with van der Waals surface area (Å²) in [7, 11) is 0. The molecule has 1 aliphatic rings. The maximum absolute atomic E-state index is 6.34. The molecule has 1 aliphatic heterocycles. The van der Waals surface area contributed by atoms with Gasteiger partial charge < -0.3 is 5.32 Å². The molecule has 128 valence electrons. The van der Waals surface area contributed by atoms with E-state index in [9.17, 15) is 0 Å². The van der Waals surface area contributed by atoms with E-state index in [0.29, 0.717) is 0 Å². The van der Waals surface area contributed by atoms with Crippen molar-refractivity contribution in [3.8, 4) is 5.69 Å². The normalized spacial score (nSPS) is 13.8. The Labute approximate surface area is 152 Å². The highest BCUT2D eigenvalue weighted by molar-refractivity contribution is 6.31. The van der Waals surface area contributed by atoms with Crippen molar-refractivity contribution in [1.29, 1.82) is 0 Å². The molecule has 25 heavy (non-hydrogen) atoms. The number of rotatable bonds is 3. The van der Waals surface area contributed by atoms with Gasteiger partial charge in [-0.05, 0) is 56.0 Å². The van der Waals surface area contributed by atoms with Crippen molar-refractivity contribution in [2.24, 2.45) is 0 Å². The zero-order chi connectivity index (χ0) is 17.2. The lowest BCUT2D eigenvalue weighted by molar-refractivity contribution is 0.765. The van der Waals surface area contributed by atoms with Crippen LogP contribution in [-0.4, -0.2) is 21.3 Å². The van der Waals surface area contributed by atoms with E-state index >= 15 is 0 Å². The van der Waals surface area contributed by atoms with Crippen LogP contribution in [0.4, 0.5) is 5.82 Å². The quantitative estimate of drug-likeness (QED) is 0.751. The van der Waals surface area contributed by atoms with Crippen molar-refractivity contribution in [2.45, 2.75) is 32.6 Å². The van der Waals surface area contributed by atoms with E-state index in [0.717, 1.165) is 52.9 Å². The van der Waals surface area contributed by atoms with Crippen molar-refractivity contribution in [3.05, 3.63) is 70.1 Å². The van der Waals surface area contributed by atoms with Gasteiger partial charge in [0.15, 0.2) is 0 Å². The van der Waals surface area contributed by atoms with Gasteiger partial charge in [-0.25, -0.2) is 4.68 Å². The number of nitrogens with one attached hydrogen (secondary N) is 1. The van der Waals surface area contributed by atoms with Gasteiger partial charge in [-0.15, -0.1) is 0 Å². The van der Waals surface area contributed by atoms with Crippen LogP contribution in [-0.2, 0) is 12.8 Å². The first-order valence-corrected chi connectivity index (χ1v) is 9.12. The molecule has 0 aliphatic carbocycles. The van der Waals surface area contributed by atoms with Gasteiger partial charge in [0.25, 0.3) is 0 Å². The van der Waals surface area contributed by atoms with Crippen LogP contribution >= 0.6 is 11.6 Å². The highest BCUT2D eigenvalue weighted by atomic mass is 35.5. The van der Waals surface area contributed by atoms with Crippen molar-refractivity contribution in [3.63, 3.8) is 0 Å². The van der Waals surface area contributed by atoms with Crippen molar-refractivity contribution in [1.82, 2.24) is 14.8 Å². The molecule has 1 aromatic carbocycles. The van der Waals surface area contributed by atoms with Gasteiger partial charge in [0.1, 0.15) is 5.82 Å². The van der Waals surface area contributed by atoms with E-state index in [4.69, 9.17) is 16.7 Å². The number of fused-ring (bicyclic) bond motifs is 1. The number of hydrogen-bond acceptors (Lipinski definition) is 3. The monoisotopic (exact) mass is 352 g/mol. The molecule has 1 N–H and O–H groups in total. The molecule has 2 aromatic heterocycles.